The molecule has 678 valence electrons. The lowest BCUT2D eigenvalue weighted by Gasteiger charge is -2.20. The van der Waals surface area contributed by atoms with Gasteiger partial charge in [0.1, 0.15) is 78.0 Å². The van der Waals surface area contributed by atoms with E-state index in [2.05, 4.69) is 42.5 Å². The van der Waals surface area contributed by atoms with Gasteiger partial charge in [-0.1, -0.05) is 196 Å². The fraction of sp³-hybridized carbons (Fsp3) is 0.214. The summed E-state index contributed by atoms with van der Waals surface area (Å²) in [5, 5.41) is 75.0. The van der Waals surface area contributed by atoms with Gasteiger partial charge in [0.15, 0.2) is 0 Å². The zero-order chi connectivity index (χ0) is 95.0. The van der Waals surface area contributed by atoms with E-state index in [9.17, 15) is 24.0 Å². The van der Waals surface area contributed by atoms with Crippen LogP contribution in [0.25, 0.3) is 88.6 Å². The summed E-state index contributed by atoms with van der Waals surface area (Å²) in [6.45, 7) is 12.3. The molecule has 3 unspecified atom stereocenters. The highest BCUT2D eigenvalue weighted by Gasteiger charge is 2.27. The monoisotopic (exact) mass is 1770 g/mol. The van der Waals surface area contributed by atoms with E-state index < -0.39 is 24.0 Å². The van der Waals surface area contributed by atoms with E-state index >= 15 is 0 Å². The van der Waals surface area contributed by atoms with Crippen molar-refractivity contribution in [1.29, 1.82) is 43.3 Å². The van der Waals surface area contributed by atoms with Crippen LogP contribution in [-0.4, -0.2) is 169 Å². The summed E-state index contributed by atoms with van der Waals surface area (Å²) in [5.74, 6) is -1.84. The van der Waals surface area contributed by atoms with Crippen molar-refractivity contribution in [2.24, 2.45) is 51.8 Å². The van der Waals surface area contributed by atoms with Crippen molar-refractivity contribution >= 4 is 120 Å². The van der Waals surface area contributed by atoms with E-state index in [1.54, 1.807) is 49.4 Å². The fourth-order valence-corrected chi connectivity index (χ4v) is 14.9. The van der Waals surface area contributed by atoms with E-state index in [-0.39, 0.29) is 102 Å². The second-order valence-corrected chi connectivity index (χ2v) is 31.3. The fourth-order valence-electron chi connectivity index (χ4n) is 14.9. The topological polar surface area (TPSA) is 630 Å². The number of H-pyrrole nitrogens is 4. The third kappa shape index (κ3) is 25.0. The molecule has 0 aliphatic heterocycles. The molecule has 33 nitrogen and oxygen atoms in total. The number of aromatic amines is 4. The maximum atomic E-state index is 12.5. The van der Waals surface area contributed by atoms with Crippen LogP contribution in [0.3, 0.4) is 0 Å². The highest BCUT2D eigenvalue weighted by molar-refractivity contribution is 6.06. The number of esters is 5. The number of carbonyl (C=O) groups excluding carboxylic acids is 5. The number of benzene rings is 9. The largest absolute Gasteiger partial charge is 0.468 e. The van der Waals surface area contributed by atoms with Crippen molar-refractivity contribution < 1.29 is 47.7 Å². The Bertz CT molecular complexity index is 6450. The lowest BCUT2D eigenvalue weighted by Crippen LogP contribution is -2.42. The van der Waals surface area contributed by atoms with Crippen molar-refractivity contribution in [1.82, 2.24) is 35.9 Å². The highest BCUT2D eigenvalue weighted by atomic mass is 16.6. The van der Waals surface area contributed by atoms with E-state index in [4.69, 9.17) is 113 Å². The maximum Gasteiger partial charge on any atom is 0.333 e. The molecule has 4 aromatic heterocycles. The Hall–Kier alpha value is -16.1. The van der Waals surface area contributed by atoms with Gasteiger partial charge in [-0.25, -0.2) is 4.79 Å². The van der Waals surface area contributed by atoms with Gasteiger partial charge >= 0.3 is 29.8 Å². The van der Waals surface area contributed by atoms with Crippen LogP contribution < -0.4 is 61.8 Å². The number of hydrogen-bond donors (Lipinski definition) is 23. The van der Waals surface area contributed by atoms with Crippen molar-refractivity contribution in [3.05, 3.63) is 285 Å². The first-order valence-electron chi connectivity index (χ1n) is 41.8. The number of nitrogen functional groups attached to an aromatic ring is 8. The number of rotatable bonds is 36. The molecule has 0 radical (unpaired) electrons. The van der Waals surface area contributed by atoms with Gasteiger partial charge in [0.05, 0.1) is 33.4 Å². The molecule has 0 saturated carbocycles. The van der Waals surface area contributed by atoms with Gasteiger partial charge in [-0.05, 0) is 120 Å². The molecule has 0 amide bonds. The number of ether oxygens (including phenoxy) is 5. The minimum Gasteiger partial charge on any atom is -0.468 e. The van der Waals surface area contributed by atoms with Crippen LogP contribution in [0.5, 0.6) is 0 Å². The highest BCUT2D eigenvalue weighted by Crippen LogP contribution is 2.37. The molecule has 13 rings (SSSR count). The normalized spacial score (nSPS) is 11.6. The minimum atomic E-state index is -0.541. The molecular weight excluding hydrogens is 1660 g/mol. The summed E-state index contributed by atoms with van der Waals surface area (Å²) in [6.07, 6.45) is 2.49. The SMILES string of the molecule is C=C(C)C(=O)OCCOC(=O)Cc1c(-c2ccc(C(=N)N)cc2)[nH]c2cc(C(=N)N)ccc12.COC(=O)C(C)NCCc1c(-c2ccc(C(=N)N)cc2)[nH]c2cc(C(=N)N)ccc12.COC(=O)C(Cc1ccccc1)NCCc1c(-c2ccc(C(=N)N)cc2)[nH]c2cc(C(=N)N)ccc12.COC(=O)C(NCCc1c(-c2ccc(C(=N)N)cc2)[nH]c2cc(C(=N)N)ccc12)C(C)C. The molecule has 31 N–H and O–H groups in total. The summed E-state index contributed by atoms with van der Waals surface area (Å²) < 4.78 is 24.9. The van der Waals surface area contributed by atoms with E-state index in [1.165, 1.54) is 28.3 Å². The van der Waals surface area contributed by atoms with Crippen molar-refractivity contribution in [3.8, 4) is 45.0 Å². The number of methoxy groups -OCH3 is 3. The van der Waals surface area contributed by atoms with E-state index in [1.807, 2.05) is 172 Å². The zero-order valence-corrected chi connectivity index (χ0v) is 73.8. The molecule has 0 saturated heterocycles. The predicted octanol–water partition coefficient (Wildman–Crippen LogP) is 10.8. The number of hydrogen-bond acceptors (Lipinski definition) is 21. The van der Waals surface area contributed by atoms with Crippen LogP contribution in [0, 0.1) is 49.2 Å². The average Bonchev–Trinajstić information content (AvgIpc) is 1.65. The smallest absolute Gasteiger partial charge is 0.333 e. The molecular formula is C98H111N23O10. The predicted molar refractivity (Wildman–Crippen MR) is 517 cm³/mol. The molecule has 0 aliphatic rings. The van der Waals surface area contributed by atoms with Crippen LogP contribution >= 0.6 is 0 Å². The number of nitrogens with one attached hydrogen (secondary N) is 15. The summed E-state index contributed by atoms with van der Waals surface area (Å²) in [5.41, 5.74) is 65.8. The Kier molecular flexibility index (Phi) is 33.2. The Labute approximate surface area is 756 Å². The molecule has 9 aromatic carbocycles. The molecule has 0 fully saturated rings. The number of fused-ring (bicyclic) bond motifs is 4. The van der Waals surface area contributed by atoms with Gasteiger partial charge < -0.3 is 105 Å². The summed E-state index contributed by atoms with van der Waals surface area (Å²) in [6, 6.07) is 60.3. The Balaban J connectivity index is 0.000000182. The second-order valence-electron chi connectivity index (χ2n) is 31.3. The van der Waals surface area contributed by atoms with Crippen molar-refractivity contribution in [2.75, 3.05) is 54.2 Å². The average molecular weight is 1770 g/mol. The molecule has 131 heavy (non-hydrogen) atoms. The molecule has 3 atom stereocenters. The van der Waals surface area contributed by atoms with Gasteiger partial charge in [0.25, 0.3) is 0 Å². The number of nitrogens with two attached hydrogens (primary N) is 8. The third-order valence-corrected chi connectivity index (χ3v) is 21.8. The van der Waals surface area contributed by atoms with Crippen LogP contribution in [0.15, 0.2) is 212 Å². The second kappa shape index (κ2) is 44.8. The Morgan fingerprint density at radius 3 is 0.977 bits per heavy atom. The quantitative estimate of drug-likeness (QED) is 0.00433. The molecule has 4 heterocycles. The molecule has 33 heteroatoms. The third-order valence-electron chi connectivity index (χ3n) is 21.8. The van der Waals surface area contributed by atoms with Gasteiger partial charge in [-0.15, -0.1) is 0 Å². The van der Waals surface area contributed by atoms with Gasteiger partial charge in [-0.3, -0.25) is 62.5 Å². The Morgan fingerprint density at radius 2 is 0.664 bits per heavy atom. The van der Waals surface area contributed by atoms with Crippen LogP contribution in [-0.2, 0) is 79.8 Å². The lowest BCUT2D eigenvalue weighted by molar-refractivity contribution is -0.149. The standard InChI is InChI=1S/C28H30N6O2.C24H30N6O2.C24H25N5O4.C22H26N6O2/c1-36-28(35)24(15-17-5-3-2-4-6-17)33-14-13-22-21-12-11-20(27(31)32)16-23(21)34-25(22)18-7-9-19(10-8-18)26(29)30;1-13(2)20(24(31)32-3)29-11-10-18-17-9-8-16(23(27)28)12-19(17)30-21(18)14-4-6-15(7-5-14)22(25)26;1-13(2)24(31)33-10-9-32-20(30)12-18-17-8-7-16(23(27)28)11-19(17)29-21(18)14-3-5-15(6-4-14)22(25)26;1-12(22(29)30-2)27-10-9-17-16-8-7-15(21(25)26)11-18(16)28-19(17)13-3-5-14(6-4-13)20(23)24/h2-12,16,24,33-34H,13-15H2,1H3,(H3,29,30)(H3,31,32);4-9,12-13,20,29-30H,10-11H2,1-3H3,(H3,25,26)(H3,27,28);3-8,11,29H,1,9-10,12H2,2H3,(H3,25,26)(H3,27,28);3-8,11-12,27-28H,9-10H2,1-2H3,(H3,23,24)(H3,25,26). The van der Waals surface area contributed by atoms with Crippen molar-refractivity contribution in [3.63, 3.8) is 0 Å². The number of aromatic nitrogens is 4. The van der Waals surface area contributed by atoms with E-state index in [0.29, 0.717) is 107 Å². The molecule has 0 bridgehead atoms. The van der Waals surface area contributed by atoms with Gasteiger partial charge in [-0.2, -0.15) is 0 Å². The molecule has 13 aromatic rings. The molecule has 0 spiro atoms. The van der Waals surface area contributed by atoms with Gasteiger partial charge in [0, 0.05) is 130 Å². The first-order chi connectivity index (χ1) is 62.6. The summed E-state index contributed by atoms with van der Waals surface area (Å²) >= 11 is 0. The van der Waals surface area contributed by atoms with Gasteiger partial charge in [0.2, 0.25) is 0 Å². The van der Waals surface area contributed by atoms with E-state index in [0.717, 1.165) is 99.7 Å². The summed E-state index contributed by atoms with van der Waals surface area (Å²) in [4.78, 5) is 73.8. The zero-order valence-electron chi connectivity index (χ0n) is 73.8. The minimum absolute atomic E-state index is 0.00362. The van der Waals surface area contributed by atoms with Crippen molar-refractivity contribution in [2.45, 2.75) is 77.9 Å². The maximum absolute atomic E-state index is 12.5. The first-order valence-corrected chi connectivity index (χ1v) is 41.8. The Morgan fingerprint density at radius 1 is 0.366 bits per heavy atom. The van der Waals surface area contributed by atoms with Crippen LogP contribution in [0.2, 0.25) is 0 Å². The van der Waals surface area contributed by atoms with Crippen LogP contribution in [0.1, 0.15) is 100 Å². The first kappa shape index (κ1) is 97.1. The number of amidine groups is 8. The lowest BCUT2D eigenvalue weighted by atomic mass is 10.00. The van der Waals surface area contributed by atoms with Crippen LogP contribution in [0.4, 0.5) is 0 Å². The summed E-state index contributed by atoms with van der Waals surface area (Å²) in [7, 11) is 4.17. The molecule has 0 aliphatic carbocycles. The number of carbonyl (C=O) groups is 5.